The molecule has 0 bridgehead atoms. The van der Waals surface area contributed by atoms with Crippen molar-refractivity contribution in [3.05, 3.63) is 64.7 Å². The Morgan fingerprint density at radius 3 is 2.59 bits per heavy atom. The van der Waals surface area contributed by atoms with Gasteiger partial charge in [0.05, 0.1) is 6.10 Å². The topological polar surface area (TPSA) is 55.8 Å². The normalized spacial score (nSPS) is 18.6. The maximum atomic E-state index is 11.5. The average Bonchev–Trinajstić information content (AvgIpc) is 2.73. The van der Waals surface area contributed by atoms with Crippen LogP contribution >= 0.6 is 11.6 Å². The summed E-state index contributed by atoms with van der Waals surface area (Å²) in [6.45, 7) is 4.35. The van der Waals surface area contributed by atoms with Gasteiger partial charge in [-0.15, -0.1) is 0 Å². The Hall–Kier alpha value is -2.34. The second-order valence-electron chi connectivity index (χ2n) is 7.66. The fourth-order valence-electron chi connectivity index (χ4n) is 3.90. The molecule has 0 unspecified atom stereocenters. The summed E-state index contributed by atoms with van der Waals surface area (Å²) in [5.41, 5.74) is 4.29. The summed E-state index contributed by atoms with van der Waals surface area (Å²) in [4.78, 5) is 16.1. The number of β-amino-alcohol motifs (C(OH)–C–C–N with tert-alkyl or cyclic N) is 1. The Morgan fingerprint density at radius 2 is 1.83 bits per heavy atom. The minimum atomic E-state index is -0.507. The molecule has 0 radical (unpaired) electrons. The highest BCUT2D eigenvalue weighted by Crippen LogP contribution is 2.24. The van der Waals surface area contributed by atoms with Crippen molar-refractivity contribution in [2.75, 3.05) is 42.9 Å². The molecule has 0 saturated carbocycles. The lowest BCUT2D eigenvalue weighted by molar-refractivity contribution is -0.116. The molecule has 29 heavy (non-hydrogen) atoms. The lowest BCUT2D eigenvalue weighted by atomic mass is 10.00. The van der Waals surface area contributed by atoms with Gasteiger partial charge in [-0.05, 0) is 53.9 Å². The summed E-state index contributed by atoms with van der Waals surface area (Å²) >= 11 is 5.97. The molecule has 0 spiro atoms. The zero-order valence-electron chi connectivity index (χ0n) is 16.4. The van der Waals surface area contributed by atoms with Crippen LogP contribution in [0, 0.1) is 0 Å². The van der Waals surface area contributed by atoms with Crippen LogP contribution in [0.1, 0.15) is 17.5 Å². The first-order chi connectivity index (χ1) is 14.1. The summed E-state index contributed by atoms with van der Waals surface area (Å²) in [5, 5.41) is 14.1. The number of rotatable bonds is 5. The second-order valence-corrected chi connectivity index (χ2v) is 8.09. The van der Waals surface area contributed by atoms with Crippen molar-refractivity contribution >= 4 is 35.0 Å². The molecule has 5 nitrogen and oxygen atoms in total. The number of nitrogens with one attached hydrogen (secondary N) is 1. The first kappa shape index (κ1) is 20.0. The highest BCUT2D eigenvalue weighted by molar-refractivity contribution is 6.30. The Kier molecular flexibility index (Phi) is 6.19. The highest BCUT2D eigenvalue weighted by Gasteiger charge is 2.19. The van der Waals surface area contributed by atoms with Crippen LogP contribution in [-0.2, 0) is 11.2 Å². The summed E-state index contributed by atoms with van der Waals surface area (Å²) in [5.74, 6) is 0.0763. The number of amides is 1. The molecule has 2 heterocycles. The van der Waals surface area contributed by atoms with Crippen molar-refractivity contribution < 1.29 is 9.90 Å². The molecular weight excluding hydrogens is 386 g/mol. The van der Waals surface area contributed by atoms with E-state index in [9.17, 15) is 9.90 Å². The molecule has 1 saturated heterocycles. The van der Waals surface area contributed by atoms with Crippen LogP contribution in [0.25, 0.3) is 6.08 Å². The maximum absolute atomic E-state index is 11.5. The van der Waals surface area contributed by atoms with Gasteiger partial charge in [-0.25, -0.2) is 0 Å². The van der Waals surface area contributed by atoms with Crippen LogP contribution in [0.4, 0.5) is 11.4 Å². The molecule has 152 valence electrons. The Balaban J connectivity index is 1.27. The number of benzene rings is 2. The molecule has 0 aliphatic carbocycles. The molecule has 2 aliphatic heterocycles. The van der Waals surface area contributed by atoms with Gasteiger partial charge in [-0.1, -0.05) is 29.8 Å². The van der Waals surface area contributed by atoms with Crippen molar-refractivity contribution in [3.63, 3.8) is 0 Å². The number of carbonyl (C=O) groups excluding carboxylic acids is 1. The number of anilines is 2. The first-order valence-electron chi connectivity index (χ1n) is 10.1. The summed E-state index contributed by atoms with van der Waals surface area (Å²) < 4.78 is 0. The van der Waals surface area contributed by atoms with Crippen LogP contribution in [-0.4, -0.2) is 54.7 Å². The lowest BCUT2D eigenvalue weighted by Gasteiger charge is -2.36. The van der Waals surface area contributed by atoms with E-state index in [-0.39, 0.29) is 5.91 Å². The van der Waals surface area contributed by atoms with E-state index >= 15 is 0 Å². The molecule has 6 heteroatoms. The van der Waals surface area contributed by atoms with Gasteiger partial charge in [0.1, 0.15) is 0 Å². The number of aliphatic hydroxyl groups excluding tert-OH is 1. The van der Waals surface area contributed by atoms with Gasteiger partial charge in [-0.3, -0.25) is 9.69 Å². The molecule has 4 rings (SSSR count). The Labute approximate surface area is 176 Å². The second kappa shape index (κ2) is 8.99. The minimum absolute atomic E-state index is 0.0763. The van der Waals surface area contributed by atoms with Crippen molar-refractivity contribution in [1.82, 2.24) is 4.90 Å². The van der Waals surface area contributed by atoms with Crippen LogP contribution < -0.4 is 10.2 Å². The molecule has 2 aliphatic rings. The van der Waals surface area contributed by atoms with E-state index in [2.05, 4.69) is 33.3 Å². The SMILES string of the molecule is O=C1CCc2cc(/C=C/[C@@H](O)CN3CCN(c4ccc(Cl)cc4)CC3)ccc2N1. The fourth-order valence-corrected chi connectivity index (χ4v) is 4.02. The fraction of sp³-hybridized carbons (Fsp3) is 0.348. The van der Waals surface area contributed by atoms with E-state index in [1.165, 1.54) is 5.69 Å². The molecule has 1 atom stereocenters. The van der Waals surface area contributed by atoms with Crippen LogP contribution in [0.15, 0.2) is 48.5 Å². The molecular formula is C23H26ClN3O2. The smallest absolute Gasteiger partial charge is 0.224 e. The van der Waals surface area contributed by atoms with Gasteiger partial charge in [0.15, 0.2) is 0 Å². The summed E-state index contributed by atoms with van der Waals surface area (Å²) in [6, 6.07) is 14.0. The third-order valence-corrected chi connectivity index (χ3v) is 5.80. The summed E-state index contributed by atoms with van der Waals surface area (Å²) in [6.07, 6.45) is 4.61. The van der Waals surface area contributed by atoms with Gasteiger partial charge < -0.3 is 15.3 Å². The van der Waals surface area contributed by atoms with E-state index < -0.39 is 6.10 Å². The van der Waals surface area contributed by atoms with E-state index in [0.717, 1.165) is 54.4 Å². The van der Waals surface area contributed by atoms with Crippen molar-refractivity contribution in [3.8, 4) is 0 Å². The molecule has 1 amide bonds. The number of halogens is 1. The highest BCUT2D eigenvalue weighted by atomic mass is 35.5. The standard InChI is InChI=1S/C23H26ClN3O2/c24-19-4-6-20(7-5-19)27-13-11-26(12-14-27)16-21(28)8-1-17-2-9-22-18(15-17)3-10-23(29)25-22/h1-2,4-9,15,21,28H,3,10-14,16H2,(H,25,29)/b8-1+/t21-/m1/s1. The van der Waals surface area contributed by atoms with E-state index in [1.807, 2.05) is 36.4 Å². The van der Waals surface area contributed by atoms with Gasteiger partial charge in [0.25, 0.3) is 0 Å². The van der Waals surface area contributed by atoms with Gasteiger partial charge in [0.2, 0.25) is 5.91 Å². The lowest BCUT2D eigenvalue weighted by Crippen LogP contribution is -2.48. The number of hydrogen-bond donors (Lipinski definition) is 2. The quantitative estimate of drug-likeness (QED) is 0.791. The molecule has 2 aromatic carbocycles. The van der Waals surface area contributed by atoms with Gasteiger partial charge in [-0.2, -0.15) is 0 Å². The zero-order valence-corrected chi connectivity index (χ0v) is 17.1. The van der Waals surface area contributed by atoms with Gasteiger partial charge >= 0.3 is 0 Å². The molecule has 2 N–H and O–H groups in total. The van der Waals surface area contributed by atoms with Crippen molar-refractivity contribution in [2.24, 2.45) is 0 Å². The number of aliphatic hydroxyl groups is 1. The van der Waals surface area contributed by atoms with Crippen molar-refractivity contribution in [2.45, 2.75) is 18.9 Å². The van der Waals surface area contributed by atoms with Crippen molar-refractivity contribution in [1.29, 1.82) is 0 Å². The van der Waals surface area contributed by atoms with Gasteiger partial charge in [0, 0.05) is 55.5 Å². The number of carbonyl (C=O) groups is 1. The predicted octanol–water partition coefficient (Wildman–Crippen LogP) is 3.42. The number of fused-ring (bicyclic) bond motifs is 1. The molecule has 2 aromatic rings. The predicted molar refractivity (Wildman–Crippen MR) is 119 cm³/mol. The number of hydrogen-bond acceptors (Lipinski definition) is 4. The third-order valence-electron chi connectivity index (χ3n) is 5.54. The van der Waals surface area contributed by atoms with Crippen LogP contribution in [0.2, 0.25) is 5.02 Å². The summed E-state index contributed by atoms with van der Waals surface area (Å²) in [7, 11) is 0. The van der Waals surface area contributed by atoms with Crippen LogP contribution in [0.5, 0.6) is 0 Å². The number of piperazine rings is 1. The molecule has 1 fully saturated rings. The zero-order chi connectivity index (χ0) is 20.2. The Bertz CT molecular complexity index is 889. The third kappa shape index (κ3) is 5.18. The average molecular weight is 412 g/mol. The number of aryl methyl sites for hydroxylation is 1. The first-order valence-corrected chi connectivity index (χ1v) is 10.5. The van der Waals surface area contributed by atoms with E-state index in [4.69, 9.17) is 11.6 Å². The van der Waals surface area contributed by atoms with E-state index in [1.54, 1.807) is 0 Å². The van der Waals surface area contributed by atoms with E-state index in [0.29, 0.717) is 13.0 Å². The molecule has 0 aromatic heterocycles. The monoisotopic (exact) mass is 411 g/mol. The Morgan fingerprint density at radius 1 is 1.07 bits per heavy atom. The largest absolute Gasteiger partial charge is 0.388 e. The maximum Gasteiger partial charge on any atom is 0.224 e. The minimum Gasteiger partial charge on any atom is -0.388 e. The van der Waals surface area contributed by atoms with Crippen LogP contribution in [0.3, 0.4) is 0 Å². The number of nitrogens with zero attached hydrogens (tertiary/aromatic N) is 2.